The first-order valence-electron chi connectivity index (χ1n) is 9.60. The molecule has 0 saturated carbocycles. The maximum atomic E-state index is 14.6. The van der Waals surface area contributed by atoms with Gasteiger partial charge in [0.15, 0.2) is 0 Å². The molecule has 0 fully saturated rings. The summed E-state index contributed by atoms with van der Waals surface area (Å²) in [7, 11) is 0. The van der Waals surface area contributed by atoms with Crippen molar-refractivity contribution in [3.63, 3.8) is 0 Å². The molecule has 3 heterocycles. The normalized spacial score (nSPS) is 13.7. The molecule has 0 aliphatic carbocycles. The van der Waals surface area contributed by atoms with Gasteiger partial charge in [-0.2, -0.15) is 16.7 Å². The summed E-state index contributed by atoms with van der Waals surface area (Å²) in [5.41, 5.74) is 1.80. The van der Waals surface area contributed by atoms with Gasteiger partial charge in [-0.15, -0.1) is 0 Å². The van der Waals surface area contributed by atoms with Crippen LogP contribution in [-0.4, -0.2) is 29.4 Å². The summed E-state index contributed by atoms with van der Waals surface area (Å²) in [6.07, 6.45) is 4.60. The van der Waals surface area contributed by atoms with E-state index < -0.39 is 11.6 Å². The predicted octanol–water partition coefficient (Wildman–Crippen LogP) is 5.58. The summed E-state index contributed by atoms with van der Waals surface area (Å²) in [5, 5.41) is 3.13. The first kappa shape index (κ1) is 20.4. The minimum absolute atomic E-state index is 0.272. The Balaban J connectivity index is 1.78. The molecule has 3 aromatic rings. The smallest absolute Gasteiger partial charge is 0.215 e. The predicted molar refractivity (Wildman–Crippen MR) is 115 cm³/mol. The Morgan fingerprint density at radius 1 is 1.00 bits per heavy atom. The highest BCUT2D eigenvalue weighted by atomic mass is 32.2. The fourth-order valence-corrected chi connectivity index (χ4v) is 3.69. The van der Waals surface area contributed by atoms with Crippen LogP contribution in [-0.2, 0) is 5.75 Å². The number of hydrogen-bond donors (Lipinski definition) is 1. The molecule has 1 aromatic carbocycles. The van der Waals surface area contributed by atoms with E-state index in [0.29, 0.717) is 48.5 Å². The molecular formula is C22H21F2N3O2S. The molecule has 1 aliphatic heterocycles. The Hall–Kier alpha value is -2.87. The Bertz CT molecular complexity index is 1050. The molecule has 1 aliphatic rings. The van der Waals surface area contributed by atoms with Gasteiger partial charge in [-0.3, -0.25) is 0 Å². The molecule has 156 valence electrons. The van der Waals surface area contributed by atoms with Crippen molar-refractivity contribution in [3.05, 3.63) is 59.8 Å². The molecule has 0 atom stereocenters. The second kappa shape index (κ2) is 9.30. The van der Waals surface area contributed by atoms with Crippen LogP contribution in [0.1, 0.15) is 18.4 Å². The van der Waals surface area contributed by atoms with Crippen molar-refractivity contribution in [1.82, 2.24) is 9.97 Å². The summed E-state index contributed by atoms with van der Waals surface area (Å²) in [6, 6.07) is 9.48. The quantitative estimate of drug-likeness (QED) is 0.574. The van der Waals surface area contributed by atoms with Gasteiger partial charge < -0.3 is 14.8 Å². The average Bonchev–Trinajstić information content (AvgIpc) is 2.72. The molecule has 5 nitrogen and oxygen atoms in total. The number of hydrogen-bond acceptors (Lipinski definition) is 6. The fraction of sp³-hybridized carbons (Fsp3) is 0.273. The zero-order valence-corrected chi connectivity index (χ0v) is 17.3. The molecule has 4 bridgehead atoms. The number of nitrogens with one attached hydrogen (secondary N) is 1. The molecule has 4 rings (SSSR count). The van der Waals surface area contributed by atoms with Gasteiger partial charge in [0.1, 0.15) is 29.0 Å². The number of nitrogens with zero attached hydrogens (tertiary/aromatic N) is 2. The van der Waals surface area contributed by atoms with Crippen LogP contribution in [0.3, 0.4) is 0 Å². The Kier molecular flexibility index (Phi) is 6.32. The molecule has 0 unspecified atom stereocenters. The SMILES string of the molecule is CSCc1cc2nc(c1)OCCCCOc1cc(F)ccc1-c1cc(ncc1F)N2. The molecule has 0 amide bonds. The lowest BCUT2D eigenvalue weighted by atomic mass is 10.0. The summed E-state index contributed by atoms with van der Waals surface area (Å²) in [5.74, 6) is 1.64. The highest BCUT2D eigenvalue weighted by Crippen LogP contribution is 2.34. The second-order valence-electron chi connectivity index (χ2n) is 6.85. The van der Waals surface area contributed by atoms with Gasteiger partial charge in [-0.05, 0) is 48.9 Å². The summed E-state index contributed by atoms with van der Waals surface area (Å²) in [4.78, 5) is 8.63. The fourth-order valence-electron chi connectivity index (χ4n) is 3.19. The van der Waals surface area contributed by atoms with Crippen molar-refractivity contribution in [3.8, 4) is 22.8 Å². The van der Waals surface area contributed by atoms with Gasteiger partial charge in [0.05, 0.1) is 19.4 Å². The van der Waals surface area contributed by atoms with Crippen molar-refractivity contribution < 1.29 is 18.3 Å². The van der Waals surface area contributed by atoms with E-state index >= 15 is 0 Å². The van der Waals surface area contributed by atoms with Crippen LogP contribution < -0.4 is 14.8 Å². The number of rotatable bonds is 2. The maximum Gasteiger partial charge on any atom is 0.215 e. The van der Waals surface area contributed by atoms with E-state index in [-0.39, 0.29) is 5.56 Å². The lowest BCUT2D eigenvalue weighted by Gasteiger charge is -2.13. The van der Waals surface area contributed by atoms with Crippen LogP contribution in [0.5, 0.6) is 11.6 Å². The highest BCUT2D eigenvalue weighted by Gasteiger charge is 2.15. The number of anilines is 2. The van der Waals surface area contributed by atoms with Crippen molar-refractivity contribution in [2.45, 2.75) is 18.6 Å². The Labute approximate surface area is 177 Å². The summed E-state index contributed by atoms with van der Waals surface area (Å²) >= 11 is 1.70. The lowest BCUT2D eigenvalue weighted by Crippen LogP contribution is -2.05. The molecule has 0 radical (unpaired) electrons. The van der Waals surface area contributed by atoms with Crippen LogP contribution in [0.15, 0.2) is 42.6 Å². The molecule has 0 saturated heterocycles. The van der Waals surface area contributed by atoms with Crippen molar-refractivity contribution in [2.75, 3.05) is 24.8 Å². The van der Waals surface area contributed by atoms with Gasteiger partial charge in [0, 0.05) is 29.0 Å². The van der Waals surface area contributed by atoms with Gasteiger partial charge in [0.25, 0.3) is 0 Å². The van der Waals surface area contributed by atoms with Gasteiger partial charge in [-0.1, -0.05) is 0 Å². The molecule has 0 spiro atoms. The largest absolute Gasteiger partial charge is 0.493 e. The van der Waals surface area contributed by atoms with E-state index in [1.165, 1.54) is 18.2 Å². The molecular weight excluding hydrogens is 408 g/mol. The van der Waals surface area contributed by atoms with Gasteiger partial charge in [-0.25, -0.2) is 13.8 Å². The summed E-state index contributed by atoms with van der Waals surface area (Å²) in [6.45, 7) is 0.845. The maximum absolute atomic E-state index is 14.6. The standard InChI is InChI=1S/C22H21F2N3O2S/c1-30-13-14-8-21-26-20-11-17(18(24)12-25-20)16-5-4-15(23)10-19(16)28-6-2-3-7-29-22(9-14)27-21/h4-5,8-12H,2-3,6-7,13H2,1H3,(H,25,26,27). The highest BCUT2D eigenvalue weighted by molar-refractivity contribution is 7.97. The van der Waals surface area contributed by atoms with Crippen LogP contribution in [0.4, 0.5) is 20.4 Å². The first-order chi connectivity index (χ1) is 14.6. The molecule has 30 heavy (non-hydrogen) atoms. The van der Waals surface area contributed by atoms with E-state index in [1.54, 1.807) is 17.8 Å². The minimum atomic E-state index is -0.519. The van der Waals surface area contributed by atoms with E-state index in [2.05, 4.69) is 15.3 Å². The Morgan fingerprint density at radius 3 is 2.67 bits per heavy atom. The first-order valence-corrected chi connectivity index (χ1v) is 11.0. The Morgan fingerprint density at radius 2 is 1.83 bits per heavy atom. The molecule has 1 N–H and O–H groups in total. The van der Waals surface area contributed by atoms with Gasteiger partial charge >= 0.3 is 0 Å². The second-order valence-corrected chi connectivity index (χ2v) is 7.72. The third-order valence-electron chi connectivity index (χ3n) is 4.56. The number of ether oxygens (including phenoxy) is 2. The number of fused-ring (bicyclic) bond motifs is 6. The topological polar surface area (TPSA) is 56.3 Å². The van der Waals surface area contributed by atoms with Gasteiger partial charge in [0.2, 0.25) is 5.88 Å². The van der Waals surface area contributed by atoms with Crippen molar-refractivity contribution >= 4 is 23.4 Å². The zero-order chi connectivity index (χ0) is 20.9. The monoisotopic (exact) mass is 429 g/mol. The van der Waals surface area contributed by atoms with E-state index in [0.717, 1.165) is 23.9 Å². The number of halogens is 2. The molecule has 8 heteroatoms. The number of benzene rings is 1. The number of thioether (sulfide) groups is 1. The lowest BCUT2D eigenvalue weighted by molar-refractivity contribution is 0.261. The van der Waals surface area contributed by atoms with Crippen LogP contribution in [0, 0.1) is 11.6 Å². The van der Waals surface area contributed by atoms with E-state index in [4.69, 9.17) is 9.47 Å². The minimum Gasteiger partial charge on any atom is -0.493 e. The van der Waals surface area contributed by atoms with Crippen LogP contribution in [0.25, 0.3) is 11.1 Å². The van der Waals surface area contributed by atoms with Crippen LogP contribution in [0.2, 0.25) is 0 Å². The zero-order valence-electron chi connectivity index (χ0n) is 16.5. The summed E-state index contributed by atoms with van der Waals surface area (Å²) < 4.78 is 40.0. The van der Waals surface area contributed by atoms with E-state index in [9.17, 15) is 8.78 Å². The van der Waals surface area contributed by atoms with E-state index in [1.807, 2.05) is 18.4 Å². The average molecular weight is 429 g/mol. The third kappa shape index (κ3) is 4.81. The third-order valence-corrected chi connectivity index (χ3v) is 5.19. The van der Waals surface area contributed by atoms with Crippen molar-refractivity contribution in [2.24, 2.45) is 0 Å². The van der Waals surface area contributed by atoms with Crippen molar-refractivity contribution in [1.29, 1.82) is 0 Å². The van der Waals surface area contributed by atoms with Crippen LogP contribution >= 0.6 is 11.8 Å². The number of aromatic nitrogens is 2. The number of pyridine rings is 2. The molecule has 2 aromatic heterocycles.